The van der Waals surface area contributed by atoms with Crippen molar-refractivity contribution in [3.8, 4) is 5.95 Å². The minimum Gasteiger partial charge on any atom is -0.466 e. The number of nitrogens with zero attached hydrogens (tertiary/aromatic N) is 3. The van der Waals surface area contributed by atoms with E-state index in [4.69, 9.17) is 4.74 Å². The lowest BCUT2D eigenvalue weighted by Crippen LogP contribution is -2.21. The molecule has 3 aromatic heterocycles. The Labute approximate surface area is 141 Å². The molecular weight excluding hydrogens is 326 g/mol. The molecule has 0 radical (unpaired) electrons. The zero-order valence-electron chi connectivity index (χ0n) is 14.0. The molecule has 0 aromatic carbocycles. The maximum absolute atomic E-state index is 12.5. The third-order valence-corrected chi connectivity index (χ3v) is 3.54. The van der Waals surface area contributed by atoms with Crippen molar-refractivity contribution in [1.29, 1.82) is 0 Å². The smallest absolute Gasteiger partial charge is 0.311 e. The lowest BCUT2D eigenvalue weighted by atomic mass is 10.2. The topological polar surface area (TPSA) is 123 Å². The summed E-state index contributed by atoms with van der Waals surface area (Å²) in [7, 11) is 0. The lowest BCUT2D eigenvalue weighted by molar-refractivity contribution is -0.142. The summed E-state index contributed by atoms with van der Waals surface area (Å²) in [4.78, 5) is 47.7. The second-order valence-electron chi connectivity index (χ2n) is 5.59. The Bertz CT molecular complexity index is 1060. The molecule has 0 fully saturated rings. The highest BCUT2D eigenvalue weighted by molar-refractivity contribution is 5.76. The molecule has 0 aliphatic rings. The number of rotatable bonds is 4. The molecule has 0 atom stereocenters. The molecule has 9 heteroatoms. The molecule has 0 aliphatic heterocycles. The van der Waals surface area contributed by atoms with Gasteiger partial charge in [0.2, 0.25) is 0 Å². The minimum absolute atomic E-state index is 0.0460. The third kappa shape index (κ3) is 3.21. The Hall–Kier alpha value is -3.23. The Morgan fingerprint density at radius 2 is 1.88 bits per heavy atom. The number of esters is 1. The van der Waals surface area contributed by atoms with Crippen LogP contribution in [0.5, 0.6) is 0 Å². The van der Waals surface area contributed by atoms with E-state index in [1.807, 2.05) is 0 Å². The predicted molar refractivity (Wildman–Crippen MR) is 89.9 cm³/mol. The van der Waals surface area contributed by atoms with Gasteiger partial charge >= 0.3 is 5.97 Å². The molecule has 130 valence electrons. The maximum atomic E-state index is 12.5. The van der Waals surface area contributed by atoms with Crippen molar-refractivity contribution < 1.29 is 9.53 Å². The summed E-state index contributed by atoms with van der Waals surface area (Å²) in [5.41, 5.74) is 0.913. The average molecular weight is 343 g/mol. The van der Waals surface area contributed by atoms with E-state index in [0.717, 1.165) is 4.68 Å². The summed E-state index contributed by atoms with van der Waals surface area (Å²) in [6.45, 7) is 5.52. The quantitative estimate of drug-likeness (QED) is 0.666. The fourth-order valence-electron chi connectivity index (χ4n) is 2.59. The number of pyridine rings is 1. The van der Waals surface area contributed by atoms with E-state index in [1.54, 1.807) is 26.8 Å². The van der Waals surface area contributed by atoms with E-state index >= 15 is 0 Å². The first-order valence-electron chi connectivity index (χ1n) is 7.74. The number of hydrogen-bond donors (Lipinski definition) is 2. The van der Waals surface area contributed by atoms with Gasteiger partial charge in [0.15, 0.2) is 5.43 Å². The summed E-state index contributed by atoms with van der Waals surface area (Å²) in [5, 5.41) is 2.75. The molecule has 0 amide bonds. The Kier molecular flexibility index (Phi) is 4.22. The lowest BCUT2D eigenvalue weighted by Gasteiger charge is -2.02. The zero-order valence-corrected chi connectivity index (χ0v) is 14.0. The second kappa shape index (κ2) is 6.34. The van der Waals surface area contributed by atoms with Crippen LogP contribution in [0, 0.1) is 13.8 Å². The van der Waals surface area contributed by atoms with Crippen LogP contribution in [-0.2, 0) is 16.0 Å². The van der Waals surface area contributed by atoms with Gasteiger partial charge in [-0.15, -0.1) is 0 Å². The van der Waals surface area contributed by atoms with Gasteiger partial charge in [0.1, 0.15) is 11.0 Å². The largest absolute Gasteiger partial charge is 0.466 e. The Morgan fingerprint density at radius 1 is 1.20 bits per heavy atom. The highest BCUT2D eigenvalue weighted by atomic mass is 16.5. The molecule has 25 heavy (non-hydrogen) atoms. The van der Waals surface area contributed by atoms with Crippen molar-refractivity contribution >= 4 is 17.0 Å². The van der Waals surface area contributed by atoms with Crippen molar-refractivity contribution in [3.63, 3.8) is 0 Å². The van der Waals surface area contributed by atoms with Crippen LogP contribution in [-0.4, -0.2) is 37.3 Å². The van der Waals surface area contributed by atoms with Gasteiger partial charge in [-0.2, -0.15) is 4.68 Å². The normalized spacial score (nSPS) is 11.0. The molecule has 3 aromatic rings. The number of hydrogen-bond acceptors (Lipinski definition) is 6. The maximum Gasteiger partial charge on any atom is 0.311 e. The van der Waals surface area contributed by atoms with Crippen LogP contribution in [0.25, 0.3) is 17.0 Å². The van der Waals surface area contributed by atoms with E-state index < -0.39 is 17.0 Å². The van der Waals surface area contributed by atoms with E-state index in [1.165, 1.54) is 6.07 Å². The zero-order chi connectivity index (χ0) is 18.1. The third-order valence-electron chi connectivity index (χ3n) is 3.54. The van der Waals surface area contributed by atoms with Gasteiger partial charge in [-0.1, -0.05) is 0 Å². The molecular formula is C16H17N5O4. The first kappa shape index (κ1) is 16.6. The summed E-state index contributed by atoms with van der Waals surface area (Å²) < 4.78 is 5.97. The van der Waals surface area contributed by atoms with Crippen LogP contribution < -0.4 is 11.0 Å². The number of carbonyl (C=O) groups excluding carboxylic acids is 1. The van der Waals surface area contributed by atoms with Crippen LogP contribution in [0.4, 0.5) is 0 Å². The van der Waals surface area contributed by atoms with Gasteiger partial charge in [0.25, 0.3) is 11.5 Å². The van der Waals surface area contributed by atoms with E-state index in [0.29, 0.717) is 17.1 Å². The molecule has 0 unspecified atom stereocenters. The molecule has 0 aliphatic carbocycles. The van der Waals surface area contributed by atoms with Crippen molar-refractivity contribution in [3.05, 3.63) is 49.8 Å². The highest BCUT2D eigenvalue weighted by Gasteiger charge is 2.16. The number of H-pyrrole nitrogens is 2. The molecule has 3 heterocycles. The number of aryl methyl sites for hydroxylation is 2. The second-order valence-corrected chi connectivity index (χ2v) is 5.59. The fourth-order valence-corrected chi connectivity index (χ4v) is 2.59. The standard InChI is InChI=1S/C16H17N5O4/c1-4-25-12(23)7-10-6-11(22)13-14(19-10)20-21(15(13)24)16-17-8(2)5-9(3)18-16/h5-6H,4,7H2,1-3H3,(H2,19,20,22). The van der Waals surface area contributed by atoms with E-state index in [2.05, 4.69) is 20.1 Å². The Balaban J connectivity index is 2.13. The summed E-state index contributed by atoms with van der Waals surface area (Å²) in [5.74, 6) is -0.310. The van der Waals surface area contributed by atoms with Crippen molar-refractivity contribution in [2.24, 2.45) is 0 Å². The molecule has 0 bridgehead atoms. The molecule has 0 saturated heterocycles. The van der Waals surface area contributed by atoms with Gasteiger partial charge in [0.05, 0.1) is 13.0 Å². The highest BCUT2D eigenvalue weighted by Crippen LogP contribution is 2.07. The van der Waals surface area contributed by atoms with Gasteiger partial charge in [-0.25, -0.2) is 9.97 Å². The molecule has 9 nitrogen and oxygen atoms in total. The number of aromatic amines is 2. The SMILES string of the molecule is CCOC(=O)Cc1cc(=O)c2c(=O)n(-c3nc(C)cc(C)n3)[nH]c2[nH]1. The van der Waals surface area contributed by atoms with Gasteiger partial charge in [0, 0.05) is 23.1 Å². The number of fused-ring (bicyclic) bond motifs is 1. The van der Waals surface area contributed by atoms with Crippen LogP contribution in [0.2, 0.25) is 0 Å². The molecule has 2 N–H and O–H groups in total. The fraction of sp³-hybridized carbons (Fsp3) is 0.312. The van der Waals surface area contributed by atoms with Crippen LogP contribution in [0.3, 0.4) is 0 Å². The van der Waals surface area contributed by atoms with Crippen LogP contribution >= 0.6 is 0 Å². The molecule has 0 saturated carbocycles. The van der Waals surface area contributed by atoms with Gasteiger partial charge in [-0.05, 0) is 26.8 Å². The monoisotopic (exact) mass is 343 g/mol. The number of aromatic nitrogens is 5. The van der Waals surface area contributed by atoms with E-state index in [9.17, 15) is 14.4 Å². The number of carbonyl (C=O) groups is 1. The van der Waals surface area contributed by atoms with Crippen molar-refractivity contribution in [2.75, 3.05) is 6.61 Å². The number of ether oxygens (including phenoxy) is 1. The molecule has 3 rings (SSSR count). The summed E-state index contributed by atoms with van der Waals surface area (Å²) in [6, 6.07) is 3.00. The average Bonchev–Trinajstić information content (AvgIpc) is 2.83. The first-order chi connectivity index (χ1) is 11.9. The first-order valence-corrected chi connectivity index (χ1v) is 7.74. The van der Waals surface area contributed by atoms with E-state index in [-0.39, 0.29) is 30.0 Å². The summed E-state index contributed by atoms with van der Waals surface area (Å²) >= 11 is 0. The van der Waals surface area contributed by atoms with Gasteiger partial charge in [-0.3, -0.25) is 19.5 Å². The minimum atomic E-state index is -0.552. The van der Waals surface area contributed by atoms with Gasteiger partial charge < -0.3 is 9.72 Å². The van der Waals surface area contributed by atoms with Crippen molar-refractivity contribution in [2.45, 2.75) is 27.2 Å². The predicted octanol–water partition coefficient (Wildman–Crippen LogP) is 0.520. The van der Waals surface area contributed by atoms with Crippen LogP contribution in [0.15, 0.2) is 21.7 Å². The molecule has 0 spiro atoms. The van der Waals surface area contributed by atoms with Crippen molar-refractivity contribution in [1.82, 2.24) is 24.7 Å². The van der Waals surface area contributed by atoms with Crippen LogP contribution in [0.1, 0.15) is 24.0 Å². The summed E-state index contributed by atoms with van der Waals surface area (Å²) in [6.07, 6.45) is -0.0910. The Morgan fingerprint density at radius 3 is 2.52 bits per heavy atom. The number of nitrogens with one attached hydrogen (secondary N) is 2.